The highest BCUT2D eigenvalue weighted by Gasteiger charge is 2.40. The van der Waals surface area contributed by atoms with Crippen LogP contribution in [0.2, 0.25) is 0 Å². The average molecular weight is 345 g/mol. The second kappa shape index (κ2) is 8.19. The average Bonchev–Trinajstić information content (AvgIpc) is 2.98. The molecular formula is C20H31N3O2. The number of urea groups is 1. The number of nitrogens with one attached hydrogen (secondary N) is 1. The lowest BCUT2D eigenvalue weighted by Crippen LogP contribution is -2.50. The number of nitrogens with zero attached hydrogens (tertiary/aromatic N) is 2. The molecule has 0 unspecified atom stereocenters. The van der Waals surface area contributed by atoms with Crippen molar-refractivity contribution in [1.82, 2.24) is 15.1 Å². The maximum Gasteiger partial charge on any atom is 0.317 e. The van der Waals surface area contributed by atoms with Crippen molar-refractivity contribution in [3.05, 3.63) is 35.9 Å². The van der Waals surface area contributed by atoms with E-state index in [9.17, 15) is 9.90 Å². The molecule has 25 heavy (non-hydrogen) atoms. The Morgan fingerprint density at radius 3 is 2.80 bits per heavy atom. The number of hydrogen-bond acceptors (Lipinski definition) is 3. The summed E-state index contributed by atoms with van der Waals surface area (Å²) in [6.45, 7) is 5.27. The summed E-state index contributed by atoms with van der Waals surface area (Å²) >= 11 is 0. The fourth-order valence-corrected chi connectivity index (χ4v) is 4.46. The zero-order chi connectivity index (χ0) is 17.8. The molecule has 2 N–H and O–H groups in total. The largest absolute Gasteiger partial charge is 0.392 e. The Morgan fingerprint density at radius 2 is 2.08 bits per heavy atom. The van der Waals surface area contributed by atoms with Gasteiger partial charge >= 0.3 is 6.03 Å². The quantitative estimate of drug-likeness (QED) is 0.861. The van der Waals surface area contributed by atoms with Gasteiger partial charge in [-0.05, 0) is 37.2 Å². The molecule has 1 aliphatic carbocycles. The molecule has 1 heterocycles. The summed E-state index contributed by atoms with van der Waals surface area (Å²) in [5, 5.41) is 12.7. The minimum Gasteiger partial charge on any atom is -0.392 e. The molecule has 1 aromatic carbocycles. The van der Waals surface area contributed by atoms with E-state index in [1.165, 1.54) is 18.4 Å². The maximum absolute atomic E-state index is 12.4. The van der Waals surface area contributed by atoms with Gasteiger partial charge in [0.05, 0.1) is 6.10 Å². The van der Waals surface area contributed by atoms with Crippen LogP contribution in [0.4, 0.5) is 4.79 Å². The highest BCUT2D eigenvalue weighted by atomic mass is 16.3. The van der Waals surface area contributed by atoms with Gasteiger partial charge in [-0.25, -0.2) is 4.79 Å². The molecule has 0 spiro atoms. The molecule has 0 bridgehead atoms. The fraction of sp³-hybridized carbons (Fsp3) is 0.650. The van der Waals surface area contributed by atoms with Crippen LogP contribution >= 0.6 is 0 Å². The summed E-state index contributed by atoms with van der Waals surface area (Å²) in [5.74, 6) is 1.23. The third kappa shape index (κ3) is 4.73. The summed E-state index contributed by atoms with van der Waals surface area (Å²) in [6, 6.07) is 10.8. The van der Waals surface area contributed by atoms with Crippen LogP contribution < -0.4 is 5.32 Å². The monoisotopic (exact) mass is 345 g/mol. The van der Waals surface area contributed by atoms with Crippen LogP contribution in [0.15, 0.2) is 30.3 Å². The Labute approximate surface area is 151 Å². The van der Waals surface area contributed by atoms with Gasteiger partial charge in [0.25, 0.3) is 0 Å². The summed E-state index contributed by atoms with van der Waals surface area (Å²) in [7, 11) is 1.75. The second-order valence-corrected chi connectivity index (χ2v) is 7.82. The predicted octanol–water partition coefficient (Wildman–Crippen LogP) is 2.31. The van der Waals surface area contributed by atoms with Crippen molar-refractivity contribution in [1.29, 1.82) is 0 Å². The van der Waals surface area contributed by atoms with Crippen LogP contribution in [0.5, 0.6) is 0 Å². The molecule has 0 aromatic heterocycles. The van der Waals surface area contributed by atoms with Gasteiger partial charge in [0.2, 0.25) is 0 Å². The molecule has 2 aliphatic rings. The van der Waals surface area contributed by atoms with Gasteiger partial charge in [0, 0.05) is 39.3 Å². The molecule has 1 aliphatic heterocycles. The van der Waals surface area contributed by atoms with Crippen molar-refractivity contribution in [3.63, 3.8) is 0 Å². The molecule has 5 nitrogen and oxygen atoms in total. The minimum absolute atomic E-state index is 0.0620. The molecule has 2 fully saturated rings. The van der Waals surface area contributed by atoms with Crippen LogP contribution in [-0.4, -0.2) is 59.8 Å². The first kappa shape index (κ1) is 18.2. The first-order valence-corrected chi connectivity index (χ1v) is 9.49. The van der Waals surface area contributed by atoms with E-state index in [2.05, 4.69) is 40.5 Å². The zero-order valence-corrected chi connectivity index (χ0v) is 15.4. The van der Waals surface area contributed by atoms with Gasteiger partial charge in [-0.3, -0.25) is 4.90 Å². The second-order valence-electron chi connectivity index (χ2n) is 7.82. The van der Waals surface area contributed by atoms with Gasteiger partial charge in [0.15, 0.2) is 0 Å². The zero-order valence-electron chi connectivity index (χ0n) is 15.4. The number of fused-ring (bicyclic) bond motifs is 1. The summed E-state index contributed by atoms with van der Waals surface area (Å²) in [6.07, 6.45) is 3.02. The van der Waals surface area contributed by atoms with Gasteiger partial charge in [-0.15, -0.1) is 0 Å². The standard InChI is InChI=1S/C20H31N3O2/c1-15(24)11-22(2)20(25)21-19-10-6-9-17-13-23(14-18(17)19)12-16-7-4-3-5-8-16/h3-5,7-8,15,17-19,24H,6,9-14H2,1-2H3,(H,21,25)/t15-,17+,18+,19+/m0/s1. The van der Waals surface area contributed by atoms with Gasteiger partial charge < -0.3 is 15.3 Å². The molecule has 5 heteroatoms. The lowest BCUT2D eigenvalue weighted by atomic mass is 9.78. The third-order valence-corrected chi connectivity index (χ3v) is 5.62. The van der Waals surface area contributed by atoms with Crippen molar-refractivity contribution in [2.75, 3.05) is 26.7 Å². The van der Waals surface area contributed by atoms with Gasteiger partial charge in [-0.2, -0.15) is 0 Å². The van der Waals surface area contributed by atoms with Crippen molar-refractivity contribution in [3.8, 4) is 0 Å². The summed E-state index contributed by atoms with van der Waals surface area (Å²) in [4.78, 5) is 16.5. The van der Waals surface area contributed by atoms with Crippen molar-refractivity contribution >= 4 is 6.03 Å². The Hall–Kier alpha value is -1.59. The number of likely N-dealkylation sites (tertiary alicyclic amines) is 1. The van der Waals surface area contributed by atoms with Crippen molar-refractivity contribution in [2.24, 2.45) is 11.8 Å². The first-order valence-electron chi connectivity index (χ1n) is 9.49. The smallest absolute Gasteiger partial charge is 0.317 e. The molecule has 4 atom stereocenters. The fourth-order valence-electron chi connectivity index (χ4n) is 4.46. The van der Waals surface area contributed by atoms with Crippen molar-refractivity contribution in [2.45, 2.75) is 44.9 Å². The summed E-state index contributed by atoms with van der Waals surface area (Å²) in [5.41, 5.74) is 1.36. The summed E-state index contributed by atoms with van der Waals surface area (Å²) < 4.78 is 0. The van der Waals surface area contributed by atoms with E-state index in [0.717, 1.165) is 26.1 Å². The van der Waals surface area contributed by atoms with E-state index >= 15 is 0 Å². The number of carbonyl (C=O) groups is 1. The number of amides is 2. The van der Waals surface area contributed by atoms with Gasteiger partial charge in [-0.1, -0.05) is 36.8 Å². The molecule has 1 saturated carbocycles. The number of aliphatic hydroxyl groups excluding tert-OH is 1. The highest BCUT2D eigenvalue weighted by Crippen LogP contribution is 2.37. The minimum atomic E-state index is -0.498. The van der Waals surface area contributed by atoms with E-state index in [1.807, 2.05) is 0 Å². The van der Waals surface area contributed by atoms with E-state index in [-0.39, 0.29) is 12.1 Å². The molecule has 3 rings (SSSR count). The number of aliphatic hydroxyl groups is 1. The van der Waals surface area contributed by atoms with Crippen LogP contribution in [0.25, 0.3) is 0 Å². The molecule has 2 amide bonds. The molecular weight excluding hydrogens is 314 g/mol. The Morgan fingerprint density at radius 1 is 1.32 bits per heavy atom. The van der Waals surface area contributed by atoms with Crippen LogP contribution in [0.3, 0.4) is 0 Å². The van der Waals surface area contributed by atoms with E-state index < -0.39 is 6.10 Å². The molecule has 0 radical (unpaired) electrons. The van der Waals surface area contributed by atoms with Crippen LogP contribution in [-0.2, 0) is 6.54 Å². The number of hydrogen-bond donors (Lipinski definition) is 2. The SMILES string of the molecule is C[C@H](O)CN(C)C(=O)N[C@@H]1CCC[C@@H]2CN(Cc3ccccc3)C[C@H]21. The van der Waals surface area contributed by atoms with Crippen molar-refractivity contribution < 1.29 is 9.90 Å². The Balaban J connectivity index is 1.57. The van der Waals surface area contributed by atoms with E-state index in [0.29, 0.717) is 18.4 Å². The first-order chi connectivity index (χ1) is 12.0. The van der Waals surface area contributed by atoms with Crippen LogP contribution in [0, 0.1) is 11.8 Å². The molecule has 1 saturated heterocycles. The number of carbonyl (C=O) groups excluding carboxylic acids is 1. The van der Waals surface area contributed by atoms with E-state index in [4.69, 9.17) is 0 Å². The number of benzene rings is 1. The Bertz CT molecular complexity index is 563. The lowest BCUT2D eigenvalue weighted by Gasteiger charge is -2.34. The maximum atomic E-state index is 12.4. The molecule has 1 aromatic rings. The number of likely N-dealkylation sites (N-methyl/N-ethyl adjacent to an activating group) is 1. The lowest BCUT2D eigenvalue weighted by molar-refractivity contribution is 0.136. The highest BCUT2D eigenvalue weighted by molar-refractivity contribution is 5.74. The topological polar surface area (TPSA) is 55.8 Å². The normalized spacial score (nSPS) is 27.6. The van der Waals surface area contributed by atoms with Gasteiger partial charge in [0.1, 0.15) is 0 Å². The number of rotatable bonds is 5. The Kier molecular flexibility index (Phi) is 5.97. The van der Waals surface area contributed by atoms with E-state index in [1.54, 1.807) is 18.9 Å². The third-order valence-electron chi connectivity index (χ3n) is 5.62. The predicted molar refractivity (Wildman–Crippen MR) is 99.2 cm³/mol. The molecule has 138 valence electrons. The van der Waals surface area contributed by atoms with Crippen LogP contribution in [0.1, 0.15) is 31.7 Å².